The number of rotatable bonds is 7. The Morgan fingerprint density at radius 1 is 0.351 bits per heavy atom. The minimum Gasteiger partial charge on any atom is -0.308 e. The molecule has 0 aliphatic carbocycles. The molecule has 266 valence electrons. The second-order valence-electron chi connectivity index (χ2n) is 14.0. The van der Waals surface area contributed by atoms with E-state index in [1.807, 2.05) is 84.9 Å². The molecule has 0 fully saturated rings. The highest BCUT2D eigenvalue weighted by atomic mass is 15.1. The molecule has 0 bridgehead atoms. The first-order valence-electron chi connectivity index (χ1n) is 18.9. The van der Waals surface area contributed by atoms with Crippen LogP contribution in [0.25, 0.3) is 95.0 Å². The molecule has 2 aromatic heterocycles. The van der Waals surface area contributed by atoms with Crippen molar-refractivity contribution >= 4 is 21.8 Å². The average Bonchev–Trinajstić information content (AvgIpc) is 3.62. The van der Waals surface area contributed by atoms with Gasteiger partial charge in [-0.1, -0.05) is 152 Å². The zero-order valence-electron chi connectivity index (χ0n) is 30.8. The van der Waals surface area contributed by atoms with Gasteiger partial charge in [0.2, 0.25) is 0 Å². The van der Waals surface area contributed by atoms with Crippen LogP contribution in [-0.2, 0) is 0 Å². The van der Waals surface area contributed by atoms with Gasteiger partial charge in [-0.15, -0.1) is 0 Å². The number of nitriles is 1. The van der Waals surface area contributed by atoms with E-state index < -0.39 is 0 Å². The number of nitrogens with zero attached hydrogens (tertiary/aromatic N) is 5. The molecule has 0 unspecified atom stereocenters. The van der Waals surface area contributed by atoms with Crippen LogP contribution < -0.4 is 0 Å². The third-order valence-corrected chi connectivity index (χ3v) is 10.5. The van der Waals surface area contributed by atoms with Crippen LogP contribution in [0.15, 0.2) is 200 Å². The van der Waals surface area contributed by atoms with Crippen LogP contribution in [-0.4, -0.2) is 19.5 Å². The zero-order chi connectivity index (χ0) is 38.1. The summed E-state index contributed by atoms with van der Waals surface area (Å²) in [5.41, 5.74) is 13.0. The molecule has 57 heavy (non-hydrogen) atoms. The highest BCUT2D eigenvalue weighted by Crippen LogP contribution is 2.41. The molecule has 10 rings (SSSR count). The van der Waals surface area contributed by atoms with Gasteiger partial charge in [-0.2, -0.15) is 5.26 Å². The van der Waals surface area contributed by atoms with Crippen LogP contribution in [0, 0.1) is 11.3 Å². The van der Waals surface area contributed by atoms with Gasteiger partial charge in [0, 0.05) is 27.5 Å². The molecule has 0 aliphatic heterocycles. The molecule has 0 amide bonds. The predicted molar refractivity (Wildman–Crippen MR) is 231 cm³/mol. The van der Waals surface area contributed by atoms with Crippen molar-refractivity contribution < 1.29 is 0 Å². The van der Waals surface area contributed by atoms with Crippen molar-refractivity contribution in [1.82, 2.24) is 19.5 Å². The topological polar surface area (TPSA) is 67.4 Å². The maximum atomic E-state index is 9.55. The minimum absolute atomic E-state index is 0.570. The fraction of sp³-hybridized carbons (Fsp3) is 0. The van der Waals surface area contributed by atoms with Gasteiger partial charge in [0.05, 0.1) is 28.4 Å². The van der Waals surface area contributed by atoms with Crippen molar-refractivity contribution in [3.05, 3.63) is 206 Å². The molecule has 5 heteroatoms. The fourth-order valence-corrected chi connectivity index (χ4v) is 7.65. The second-order valence-corrected chi connectivity index (χ2v) is 14.0. The van der Waals surface area contributed by atoms with E-state index >= 15 is 0 Å². The standard InChI is InChI=1S/C52H33N5/c53-34-35-21-23-38(24-22-35)43-25-28-44(52-55-50(39-17-9-3-10-18-39)54-51(56-52)40-19-11-4-12-20-40)49(33-43)57-47-29-26-41(36-13-5-1-6-14-36)31-45(47)46-32-42(27-30-48(46)57)37-15-7-2-8-16-37/h1-33H. The van der Waals surface area contributed by atoms with Gasteiger partial charge >= 0.3 is 0 Å². The highest BCUT2D eigenvalue weighted by Gasteiger charge is 2.21. The summed E-state index contributed by atoms with van der Waals surface area (Å²) in [5.74, 6) is 1.77. The Bertz CT molecular complexity index is 2940. The van der Waals surface area contributed by atoms with Gasteiger partial charge in [-0.05, 0) is 81.9 Å². The van der Waals surface area contributed by atoms with Gasteiger partial charge in [-0.3, -0.25) is 0 Å². The van der Waals surface area contributed by atoms with Crippen molar-refractivity contribution in [2.24, 2.45) is 0 Å². The molecule has 0 N–H and O–H groups in total. The van der Waals surface area contributed by atoms with Crippen molar-refractivity contribution in [2.45, 2.75) is 0 Å². The fourth-order valence-electron chi connectivity index (χ4n) is 7.65. The molecule has 2 heterocycles. The Morgan fingerprint density at radius 3 is 1.21 bits per heavy atom. The van der Waals surface area contributed by atoms with Crippen LogP contribution in [0.1, 0.15) is 5.56 Å². The molecule has 5 nitrogen and oxygen atoms in total. The van der Waals surface area contributed by atoms with Crippen LogP contribution in [0.2, 0.25) is 0 Å². The Kier molecular flexibility index (Phi) is 8.48. The number of fused-ring (bicyclic) bond motifs is 3. The number of benzene rings is 8. The number of aromatic nitrogens is 4. The lowest BCUT2D eigenvalue weighted by Crippen LogP contribution is -2.04. The summed E-state index contributed by atoms with van der Waals surface area (Å²) >= 11 is 0. The van der Waals surface area contributed by atoms with Crippen LogP contribution >= 0.6 is 0 Å². The Labute approximate surface area is 330 Å². The van der Waals surface area contributed by atoms with E-state index in [-0.39, 0.29) is 0 Å². The van der Waals surface area contributed by atoms with Crippen molar-refractivity contribution in [2.75, 3.05) is 0 Å². The first kappa shape index (κ1) is 33.6. The normalized spacial score (nSPS) is 11.1. The summed E-state index contributed by atoms with van der Waals surface area (Å²) in [6, 6.07) is 71.2. The Balaban J connectivity index is 1.28. The third-order valence-electron chi connectivity index (χ3n) is 10.5. The monoisotopic (exact) mass is 727 g/mol. The largest absolute Gasteiger partial charge is 0.308 e. The van der Waals surface area contributed by atoms with Crippen molar-refractivity contribution in [1.29, 1.82) is 5.26 Å². The Morgan fingerprint density at radius 2 is 0.737 bits per heavy atom. The third kappa shape index (κ3) is 6.32. The average molecular weight is 728 g/mol. The van der Waals surface area contributed by atoms with Gasteiger partial charge in [-0.25, -0.2) is 15.0 Å². The van der Waals surface area contributed by atoms with Crippen LogP contribution in [0.5, 0.6) is 0 Å². The van der Waals surface area contributed by atoms with E-state index in [0.29, 0.717) is 23.0 Å². The van der Waals surface area contributed by atoms with E-state index in [1.165, 1.54) is 0 Å². The summed E-state index contributed by atoms with van der Waals surface area (Å²) < 4.78 is 2.35. The summed E-state index contributed by atoms with van der Waals surface area (Å²) in [6.45, 7) is 0. The second kappa shape index (κ2) is 14.4. The molecule has 0 saturated carbocycles. The lowest BCUT2D eigenvalue weighted by Gasteiger charge is -2.17. The SMILES string of the molecule is N#Cc1ccc(-c2ccc(-c3nc(-c4ccccc4)nc(-c4ccccc4)n3)c(-n3c4ccc(-c5ccccc5)cc4c4cc(-c5ccccc5)ccc43)c2)cc1. The van der Waals surface area contributed by atoms with Gasteiger partial charge in [0.15, 0.2) is 17.5 Å². The first-order valence-corrected chi connectivity index (χ1v) is 18.9. The van der Waals surface area contributed by atoms with Gasteiger partial charge < -0.3 is 4.57 Å². The molecule has 0 aliphatic rings. The summed E-state index contributed by atoms with van der Waals surface area (Å²) in [7, 11) is 0. The predicted octanol–water partition coefficient (Wildman–Crippen LogP) is 12.8. The van der Waals surface area contributed by atoms with Crippen LogP contribution in [0.4, 0.5) is 0 Å². The van der Waals surface area contributed by atoms with Gasteiger partial charge in [0.1, 0.15) is 0 Å². The molecule has 0 saturated heterocycles. The highest BCUT2D eigenvalue weighted by molar-refractivity contribution is 6.12. The smallest absolute Gasteiger partial charge is 0.166 e. The Hall–Kier alpha value is -7.94. The quantitative estimate of drug-likeness (QED) is 0.164. The lowest BCUT2D eigenvalue weighted by molar-refractivity contribution is 1.06. The molecule has 0 radical (unpaired) electrons. The zero-order valence-corrected chi connectivity index (χ0v) is 30.8. The van der Waals surface area contributed by atoms with Crippen LogP contribution in [0.3, 0.4) is 0 Å². The molecular formula is C52H33N5. The van der Waals surface area contributed by atoms with Gasteiger partial charge in [0.25, 0.3) is 0 Å². The molecule has 0 atom stereocenters. The molecule has 10 aromatic rings. The van der Waals surface area contributed by atoms with E-state index in [9.17, 15) is 5.26 Å². The maximum Gasteiger partial charge on any atom is 0.166 e. The van der Waals surface area contributed by atoms with E-state index in [0.717, 1.165) is 77.6 Å². The molecular weight excluding hydrogens is 695 g/mol. The van der Waals surface area contributed by atoms with E-state index in [1.54, 1.807) is 0 Å². The van der Waals surface area contributed by atoms with E-state index in [4.69, 9.17) is 15.0 Å². The minimum atomic E-state index is 0.570. The lowest BCUT2D eigenvalue weighted by atomic mass is 10.00. The maximum absolute atomic E-state index is 9.55. The van der Waals surface area contributed by atoms with E-state index in [2.05, 4.69) is 126 Å². The number of hydrogen-bond acceptors (Lipinski definition) is 4. The first-order chi connectivity index (χ1) is 28.2. The summed E-state index contributed by atoms with van der Waals surface area (Å²) in [5, 5.41) is 11.8. The summed E-state index contributed by atoms with van der Waals surface area (Å²) in [4.78, 5) is 15.4. The molecule has 8 aromatic carbocycles. The summed E-state index contributed by atoms with van der Waals surface area (Å²) in [6.07, 6.45) is 0. The molecule has 0 spiro atoms. The number of hydrogen-bond donors (Lipinski definition) is 0. The van der Waals surface area contributed by atoms with Crippen molar-refractivity contribution in [3.8, 4) is 79.3 Å². The van der Waals surface area contributed by atoms with Crippen molar-refractivity contribution in [3.63, 3.8) is 0 Å².